The molecule has 0 saturated heterocycles. The molecule has 2 aromatic carbocycles. The minimum Gasteiger partial charge on any atom is -0.326 e. The highest BCUT2D eigenvalue weighted by Crippen LogP contribution is 2.21. The number of halogens is 2. The topological polar surface area (TPSA) is 63.2 Å². The van der Waals surface area contributed by atoms with Gasteiger partial charge in [0.1, 0.15) is 0 Å². The van der Waals surface area contributed by atoms with Crippen molar-refractivity contribution in [2.45, 2.75) is 23.5 Å². The number of rotatable bonds is 5. The van der Waals surface area contributed by atoms with E-state index in [4.69, 9.17) is 23.2 Å². The van der Waals surface area contributed by atoms with E-state index in [0.29, 0.717) is 15.7 Å². The Morgan fingerprint density at radius 2 is 1.48 bits per heavy atom. The maximum absolute atomic E-state index is 12.4. The Bertz CT molecular complexity index is 787. The fourth-order valence-corrected chi connectivity index (χ4v) is 3.58. The van der Waals surface area contributed by atoms with Crippen LogP contribution in [-0.2, 0) is 14.6 Å². The summed E-state index contributed by atoms with van der Waals surface area (Å²) in [6.45, 7) is 1.51. The predicted molar refractivity (Wildman–Crippen MR) is 92.8 cm³/mol. The number of nitrogens with one attached hydrogen (secondary N) is 1. The van der Waals surface area contributed by atoms with Crippen LogP contribution in [0.3, 0.4) is 0 Å². The molecule has 122 valence electrons. The monoisotopic (exact) mass is 371 g/mol. The van der Waals surface area contributed by atoms with Crippen molar-refractivity contribution in [3.8, 4) is 0 Å². The lowest BCUT2D eigenvalue weighted by atomic mass is 10.3. The summed E-state index contributed by atoms with van der Waals surface area (Å²) < 4.78 is 24.9. The van der Waals surface area contributed by atoms with Crippen LogP contribution in [-0.4, -0.2) is 19.6 Å². The second-order valence-corrected chi connectivity index (χ2v) is 8.31. The number of sulfone groups is 1. The summed E-state index contributed by atoms with van der Waals surface area (Å²) in [6, 6.07) is 12.5. The molecule has 0 heterocycles. The van der Waals surface area contributed by atoms with E-state index in [9.17, 15) is 13.2 Å². The molecule has 0 spiro atoms. The molecule has 1 N–H and O–H groups in total. The predicted octanol–water partition coefficient (Wildman–Crippen LogP) is 4.18. The van der Waals surface area contributed by atoms with Crippen LogP contribution in [0.5, 0.6) is 0 Å². The van der Waals surface area contributed by atoms with Crippen molar-refractivity contribution in [2.24, 2.45) is 0 Å². The minimum absolute atomic E-state index is 0.145. The molecule has 0 saturated carbocycles. The first-order chi connectivity index (χ1) is 10.8. The Morgan fingerprint density at radius 3 is 2.00 bits per heavy atom. The van der Waals surface area contributed by atoms with Crippen LogP contribution < -0.4 is 5.32 Å². The van der Waals surface area contributed by atoms with Gasteiger partial charge >= 0.3 is 0 Å². The van der Waals surface area contributed by atoms with Gasteiger partial charge in [0.15, 0.2) is 9.84 Å². The zero-order valence-corrected chi connectivity index (χ0v) is 14.6. The second-order valence-electron chi connectivity index (χ2n) is 5.07. The van der Waals surface area contributed by atoms with E-state index in [1.165, 1.54) is 31.2 Å². The van der Waals surface area contributed by atoms with Crippen molar-refractivity contribution in [1.82, 2.24) is 0 Å². The summed E-state index contributed by atoms with van der Waals surface area (Å²) in [5.74, 6) is -0.377. The third kappa shape index (κ3) is 4.70. The van der Waals surface area contributed by atoms with Crippen molar-refractivity contribution in [2.75, 3.05) is 5.32 Å². The molecule has 0 unspecified atom stereocenters. The number of benzene rings is 2. The first-order valence-electron chi connectivity index (χ1n) is 6.84. The lowest BCUT2D eigenvalue weighted by molar-refractivity contribution is -0.116. The van der Waals surface area contributed by atoms with Gasteiger partial charge in [-0.1, -0.05) is 23.2 Å². The summed E-state index contributed by atoms with van der Waals surface area (Å²) >= 11 is 11.5. The van der Waals surface area contributed by atoms with Gasteiger partial charge in [0.05, 0.1) is 10.1 Å². The smallest absolute Gasteiger partial charge is 0.225 e. The normalized spacial score (nSPS) is 12.7. The molecule has 7 heteroatoms. The van der Waals surface area contributed by atoms with Crippen LogP contribution in [0, 0.1) is 0 Å². The van der Waals surface area contributed by atoms with Crippen molar-refractivity contribution < 1.29 is 13.2 Å². The molecule has 0 aliphatic carbocycles. The molecule has 2 aromatic rings. The molecular formula is C16H15Cl2NO3S. The van der Waals surface area contributed by atoms with Crippen LogP contribution in [0.2, 0.25) is 10.0 Å². The van der Waals surface area contributed by atoms with Crippen molar-refractivity contribution in [3.63, 3.8) is 0 Å². The lowest BCUT2D eigenvalue weighted by Crippen LogP contribution is -2.25. The maximum atomic E-state index is 12.4. The molecule has 4 nitrogen and oxygen atoms in total. The van der Waals surface area contributed by atoms with Gasteiger partial charge < -0.3 is 5.32 Å². The molecule has 2 rings (SSSR count). The summed E-state index contributed by atoms with van der Waals surface area (Å²) in [5.41, 5.74) is 0.565. The Hall–Kier alpha value is -1.56. The van der Waals surface area contributed by atoms with Gasteiger partial charge in [-0.05, 0) is 55.5 Å². The van der Waals surface area contributed by atoms with Gasteiger partial charge in [0.2, 0.25) is 5.91 Å². The van der Waals surface area contributed by atoms with Crippen molar-refractivity contribution in [1.29, 1.82) is 0 Å². The van der Waals surface area contributed by atoms with Gasteiger partial charge in [0.25, 0.3) is 0 Å². The standard InChI is InChI=1S/C16H15Cl2NO3S/c1-11(23(21,22)15-8-4-13(18)5-9-15)10-16(20)19-14-6-2-12(17)3-7-14/h2-9,11H,10H2,1H3,(H,19,20)/t11-/m1/s1. The number of anilines is 1. The number of hydrogen-bond donors (Lipinski definition) is 1. The fraction of sp³-hybridized carbons (Fsp3) is 0.188. The van der Waals surface area contributed by atoms with Crippen molar-refractivity contribution in [3.05, 3.63) is 58.6 Å². The van der Waals surface area contributed by atoms with Gasteiger partial charge in [0, 0.05) is 22.2 Å². The number of carbonyl (C=O) groups is 1. The Kier molecular flexibility index (Phi) is 5.68. The summed E-state index contributed by atoms with van der Waals surface area (Å²) in [5, 5.41) is 2.81. The maximum Gasteiger partial charge on any atom is 0.225 e. The summed E-state index contributed by atoms with van der Waals surface area (Å²) in [7, 11) is -3.59. The molecule has 0 aromatic heterocycles. The third-order valence-electron chi connectivity index (χ3n) is 3.27. The van der Waals surface area contributed by atoms with Crippen molar-refractivity contribution >= 4 is 44.6 Å². The zero-order valence-electron chi connectivity index (χ0n) is 12.3. The Balaban J connectivity index is 2.05. The average Bonchev–Trinajstić information content (AvgIpc) is 2.50. The highest BCUT2D eigenvalue weighted by atomic mass is 35.5. The van der Waals surface area contributed by atoms with E-state index < -0.39 is 15.1 Å². The summed E-state index contributed by atoms with van der Waals surface area (Å²) in [4.78, 5) is 12.2. The SMILES string of the molecule is C[C@H](CC(=O)Nc1ccc(Cl)cc1)S(=O)(=O)c1ccc(Cl)cc1. The zero-order chi connectivity index (χ0) is 17.0. The van der Waals surface area contributed by atoms with Crippen LogP contribution in [0.4, 0.5) is 5.69 Å². The van der Waals surface area contributed by atoms with Crippen LogP contribution in [0.15, 0.2) is 53.4 Å². The first-order valence-corrected chi connectivity index (χ1v) is 9.14. The van der Waals surface area contributed by atoms with Gasteiger partial charge in [-0.3, -0.25) is 4.79 Å². The molecule has 0 bridgehead atoms. The molecule has 1 atom stereocenters. The van der Waals surface area contributed by atoms with Crippen LogP contribution in [0.1, 0.15) is 13.3 Å². The van der Waals surface area contributed by atoms with Crippen LogP contribution in [0.25, 0.3) is 0 Å². The van der Waals surface area contributed by atoms with Gasteiger partial charge in [-0.25, -0.2) is 8.42 Å². The second kappa shape index (κ2) is 7.34. The number of amides is 1. The third-order valence-corrected chi connectivity index (χ3v) is 5.93. The molecule has 0 radical (unpaired) electrons. The highest BCUT2D eigenvalue weighted by Gasteiger charge is 2.25. The van der Waals surface area contributed by atoms with E-state index in [0.717, 1.165) is 0 Å². The van der Waals surface area contributed by atoms with E-state index in [1.54, 1.807) is 24.3 Å². The van der Waals surface area contributed by atoms with E-state index >= 15 is 0 Å². The number of carbonyl (C=O) groups excluding carboxylic acids is 1. The van der Waals surface area contributed by atoms with E-state index in [1.807, 2.05) is 0 Å². The van der Waals surface area contributed by atoms with E-state index in [2.05, 4.69) is 5.32 Å². The minimum atomic E-state index is -3.59. The van der Waals surface area contributed by atoms with Gasteiger partial charge in [-0.15, -0.1) is 0 Å². The fourth-order valence-electron chi connectivity index (χ4n) is 1.97. The quantitative estimate of drug-likeness (QED) is 0.856. The molecule has 1 amide bonds. The van der Waals surface area contributed by atoms with Crippen LogP contribution >= 0.6 is 23.2 Å². The largest absolute Gasteiger partial charge is 0.326 e. The van der Waals surface area contributed by atoms with E-state index in [-0.39, 0.29) is 17.2 Å². The molecular weight excluding hydrogens is 357 g/mol. The number of hydrogen-bond acceptors (Lipinski definition) is 3. The summed E-state index contributed by atoms with van der Waals surface area (Å²) in [6.07, 6.45) is -0.145. The highest BCUT2D eigenvalue weighted by molar-refractivity contribution is 7.92. The molecule has 23 heavy (non-hydrogen) atoms. The average molecular weight is 372 g/mol. The first kappa shape index (κ1) is 17.8. The molecule has 0 fully saturated rings. The lowest BCUT2D eigenvalue weighted by Gasteiger charge is -2.13. The Labute approximate surface area is 145 Å². The van der Waals surface area contributed by atoms with Gasteiger partial charge in [-0.2, -0.15) is 0 Å². The molecule has 0 aliphatic rings. The molecule has 0 aliphatic heterocycles. The Morgan fingerprint density at radius 1 is 1.00 bits per heavy atom.